The highest BCUT2D eigenvalue weighted by atomic mass is 19.4. The molecule has 0 aromatic rings. The molecular weight excluding hydrogens is 223 g/mol. The van der Waals surface area contributed by atoms with E-state index in [0.29, 0.717) is 25.8 Å². The molecule has 1 fully saturated rings. The lowest BCUT2D eigenvalue weighted by atomic mass is 10.2. The maximum Gasteiger partial charge on any atom is 0.406 e. The summed E-state index contributed by atoms with van der Waals surface area (Å²) in [4.78, 5) is 0. The Morgan fingerprint density at radius 2 is 2.00 bits per heavy atom. The first-order chi connectivity index (χ1) is 7.41. The van der Waals surface area contributed by atoms with E-state index >= 15 is 0 Å². The molecule has 0 radical (unpaired) electrons. The monoisotopic (exact) mass is 239 g/mol. The fourth-order valence-corrected chi connectivity index (χ4v) is 1.49. The molecule has 4 nitrogen and oxygen atoms in total. The summed E-state index contributed by atoms with van der Waals surface area (Å²) in [6.45, 7) is 0.304. The van der Waals surface area contributed by atoms with Crippen LogP contribution in [0.5, 0.6) is 0 Å². The summed E-state index contributed by atoms with van der Waals surface area (Å²) in [6, 6.07) is 0. The molecular formula is C9H16F3N3O. The van der Waals surface area contributed by atoms with E-state index in [-0.39, 0.29) is 18.7 Å². The third-order valence-electron chi connectivity index (χ3n) is 2.74. The molecule has 0 heterocycles. The van der Waals surface area contributed by atoms with E-state index < -0.39 is 11.7 Å². The quantitative estimate of drug-likeness (QED) is 0.217. The van der Waals surface area contributed by atoms with Crippen LogP contribution < -0.4 is 11.1 Å². The molecule has 1 saturated carbocycles. The average Bonchev–Trinajstić information content (AvgIpc) is 2.97. The summed E-state index contributed by atoms with van der Waals surface area (Å²) in [5.41, 5.74) is 3.59. The van der Waals surface area contributed by atoms with Crippen molar-refractivity contribution in [1.29, 1.82) is 0 Å². The van der Waals surface area contributed by atoms with Crippen LogP contribution in [0.4, 0.5) is 13.2 Å². The van der Waals surface area contributed by atoms with E-state index in [0.717, 1.165) is 0 Å². The van der Waals surface area contributed by atoms with Crippen LogP contribution in [-0.2, 0) is 0 Å². The number of amidine groups is 1. The summed E-state index contributed by atoms with van der Waals surface area (Å²) >= 11 is 0. The second-order valence-electron chi connectivity index (χ2n) is 4.06. The third kappa shape index (κ3) is 3.26. The summed E-state index contributed by atoms with van der Waals surface area (Å²) in [7, 11) is 0. The molecule has 16 heavy (non-hydrogen) atoms. The van der Waals surface area contributed by atoms with Crippen LogP contribution in [0.3, 0.4) is 0 Å². The largest absolute Gasteiger partial charge is 0.409 e. The fraction of sp³-hybridized carbons (Fsp3) is 0.889. The fourth-order valence-electron chi connectivity index (χ4n) is 1.49. The maximum atomic E-state index is 12.5. The van der Waals surface area contributed by atoms with E-state index in [1.807, 2.05) is 0 Å². The van der Waals surface area contributed by atoms with Crippen LogP contribution in [0, 0.1) is 0 Å². The molecule has 7 heteroatoms. The van der Waals surface area contributed by atoms with E-state index in [4.69, 9.17) is 10.9 Å². The maximum absolute atomic E-state index is 12.5. The molecule has 0 amide bonds. The number of rotatable bonds is 6. The minimum Gasteiger partial charge on any atom is -0.409 e. The molecule has 0 aromatic heterocycles. The number of hydrogen-bond acceptors (Lipinski definition) is 3. The Balaban J connectivity index is 2.13. The molecule has 1 rings (SSSR count). The van der Waals surface area contributed by atoms with Gasteiger partial charge in [0.1, 0.15) is 11.4 Å². The summed E-state index contributed by atoms with van der Waals surface area (Å²) in [5.74, 6) is 0.108. The van der Waals surface area contributed by atoms with E-state index in [1.54, 1.807) is 0 Å². The molecule has 0 bridgehead atoms. The second-order valence-corrected chi connectivity index (χ2v) is 4.06. The highest BCUT2D eigenvalue weighted by molar-refractivity contribution is 5.79. The van der Waals surface area contributed by atoms with Crippen LogP contribution in [0.2, 0.25) is 0 Å². The lowest BCUT2D eigenvalue weighted by molar-refractivity contribution is -0.165. The van der Waals surface area contributed by atoms with Gasteiger partial charge in [0, 0.05) is 6.42 Å². The van der Waals surface area contributed by atoms with Crippen molar-refractivity contribution in [2.45, 2.75) is 43.8 Å². The molecule has 1 aliphatic rings. The summed E-state index contributed by atoms with van der Waals surface area (Å²) < 4.78 is 37.4. The van der Waals surface area contributed by atoms with Gasteiger partial charge < -0.3 is 16.3 Å². The zero-order valence-corrected chi connectivity index (χ0v) is 8.85. The van der Waals surface area contributed by atoms with E-state index in [2.05, 4.69) is 10.5 Å². The first-order valence-electron chi connectivity index (χ1n) is 5.19. The summed E-state index contributed by atoms with van der Waals surface area (Å²) in [5, 5.41) is 13.5. The first-order valence-corrected chi connectivity index (χ1v) is 5.19. The molecule has 0 unspecified atom stereocenters. The number of oxime groups is 1. The van der Waals surface area contributed by atoms with Crippen molar-refractivity contribution in [3.63, 3.8) is 0 Å². The molecule has 94 valence electrons. The third-order valence-corrected chi connectivity index (χ3v) is 2.74. The number of nitrogens with one attached hydrogen (secondary N) is 1. The number of alkyl halides is 3. The van der Waals surface area contributed by atoms with Crippen molar-refractivity contribution >= 4 is 5.84 Å². The number of halogens is 3. The van der Waals surface area contributed by atoms with Gasteiger partial charge in [-0.3, -0.25) is 0 Å². The normalized spacial score (nSPS) is 19.8. The molecule has 0 saturated heterocycles. The summed E-state index contributed by atoms with van der Waals surface area (Å²) in [6.07, 6.45) is -2.24. The second kappa shape index (κ2) is 4.90. The number of hydrogen-bond donors (Lipinski definition) is 3. The molecule has 0 aliphatic heterocycles. The zero-order chi connectivity index (χ0) is 12.2. The van der Waals surface area contributed by atoms with Gasteiger partial charge in [-0.15, -0.1) is 0 Å². The van der Waals surface area contributed by atoms with Gasteiger partial charge >= 0.3 is 6.18 Å². The van der Waals surface area contributed by atoms with Gasteiger partial charge in [0.15, 0.2) is 0 Å². The number of unbranched alkanes of at least 4 members (excludes halogenated alkanes) is 1. The Labute approximate surface area is 91.7 Å². The predicted octanol–water partition coefficient (Wildman–Crippen LogP) is 1.59. The minimum atomic E-state index is -4.15. The smallest absolute Gasteiger partial charge is 0.406 e. The average molecular weight is 239 g/mol. The Morgan fingerprint density at radius 1 is 1.38 bits per heavy atom. The van der Waals surface area contributed by atoms with Crippen LogP contribution >= 0.6 is 0 Å². The van der Waals surface area contributed by atoms with Gasteiger partial charge in [-0.1, -0.05) is 5.16 Å². The topological polar surface area (TPSA) is 70.6 Å². The van der Waals surface area contributed by atoms with Crippen molar-refractivity contribution in [3.8, 4) is 0 Å². The Morgan fingerprint density at radius 3 is 2.44 bits per heavy atom. The van der Waals surface area contributed by atoms with E-state index in [1.165, 1.54) is 0 Å². The van der Waals surface area contributed by atoms with Crippen molar-refractivity contribution in [2.75, 3.05) is 6.54 Å². The van der Waals surface area contributed by atoms with Gasteiger partial charge in [-0.25, -0.2) is 0 Å². The number of nitrogens with two attached hydrogens (primary N) is 1. The predicted molar refractivity (Wildman–Crippen MR) is 53.3 cm³/mol. The Hall–Kier alpha value is -0.980. The van der Waals surface area contributed by atoms with Crippen LogP contribution in [0.1, 0.15) is 32.1 Å². The standard InChI is InChI=1S/C9H16F3N3O/c10-9(11,12)8(4-5-8)14-6-2-1-3-7(13)15-16/h14,16H,1-6H2,(H2,13,15). The Kier molecular flexibility index (Phi) is 4.01. The Bertz CT molecular complexity index is 261. The minimum absolute atomic E-state index is 0.108. The van der Waals surface area contributed by atoms with E-state index in [9.17, 15) is 13.2 Å². The first kappa shape index (κ1) is 13.1. The molecule has 0 aromatic carbocycles. The van der Waals surface area contributed by atoms with Crippen molar-refractivity contribution in [2.24, 2.45) is 10.9 Å². The molecule has 1 aliphatic carbocycles. The van der Waals surface area contributed by atoms with Crippen LogP contribution in [-0.4, -0.2) is 29.3 Å². The molecule has 0 spiro atoms. The van der Waals surface area contributed by atoms with Gasteiger partial charge in [0.2, 0.25) is 0 Å². The highest BCUT2D eigenvalue weighted by Gasteiger charge is 2.62. The van der Waals surface area contributed by atoms with Gasteiger partial charge in [-0.05, 0) is 32.2 Å². The van der Waals surface area contributed by atoms with Gasteiger partial charge in [0.05, 0.1) is 0 Å². The van der Waals surface area contributed by atoms with Crippen molar-refractivity contribution in [1.82, 2.24) is 5.32 Å². The van der Waals surface area contributed by atoms with Crippen molar-refractivity contribution < 1.29 is 18.4 Å². The zero-order valence-electron chi connectivity index (χ0n) is 8.85. The molecule has 4 N–H and O–H groups in total. The number of nitrogens with zero attached hydrogens (tertiary/aromatic N) is 1. The highest BCUT2D eigenvalue weighted by Crippen LogP contribution is 2.48. The van der Waals surface area contributed by atoms with Crippen LogP contribution in [0.15, 0.2) is 5.16 Å². The van der Waals surface area contributed by atoms with Crippen molar-refractivity contribution in [3.05, 3.63) is 0 Å². The lowest BCUT2D eigenvalue weighted by Gasteiger charge is -2.20. The lowest BCUT2D eigenvalue weighted by Crippen LogP contribution is -2.45. The van der Waals surface area contributed by atoms with Gasteiger partial charge in [0.25, 0.3) is 0 Å². The van der Waals surface area contributed by atoms with Crippen LogP contribution in [0.25, 0.3) is 0 Å². The molecule has 0 atom stereocenters. The SMILES string of the molecule is NC(CCCCNC1(C(F)(F)F)CC1)=NO. The van der Waals surface area contributed by atoms with Gasteiger partial charge in [-0.2, -0.15) is 13.2 Å².